The number of Topliss-reactive ketones (excluding diaryl/α,β-unsaturated/α-hetero) is 1. The third kappa shape index (κ3) is 22.5. The molecule has 1 saturated heterocycles. The van der Waals surface area contributed by atoms with Gasteiger partial charge in [0.25, 0.3) is 0 Å². The molecule has 1 aromatic rings. The lowest BCUT2D eigenvalue weighted by Crippen LogP contribution is -2.33. The van der Waals surface area contributed by atoms with Gasteiger partial charge in [-0.2, -0.15) is 5.06 Å². The second kappa shape index (κ2) is 23.3. The SMILES string of the molecule is CC(C)C(=O)CC(C)(C)OCCC(C)(C)OCCn1cc(CC(C)(C)OCCN(C)OCCC2CCNCC2)nn1.CCCC(C)(C)CCC. The van der Waals surface area contributed by atoms with Crippen molar-refractivity contribution in [2.45, 2.75) is 171 Å². The molecular formula is C40H79N5O5. The zero-order valence-electron chi connectivity index (χ0n) is 34.8. The molecular weight excluding hydrogens is 630 g/mol. The Morgan fingerprint density at radius 3 is 2.08 bits per heavy atom. The number of rotatable bonds is 25. The van der Waals surface area contributed by atoms with E-state index in [1.807, 2.05) is 50.7 Å². The summed E-state index contributed by atoms with van der Waals surface area (Å²) >= 11 is 0. The average molecular weight is 710 g/mol. The molecule has 0 amide bonds. The summed E-state index contributed by atoms with van der Waals surface area (Å²) in [6.07, 6.45) is 12.8. The maximum atomic E-state index is 12.1. The first-order chi connectivity index (χ1) is 23.3. The first-order valence-corrected chi connectivity index (χ1v) is 19.7. The number of nitrogens with zero attached hydrogens (tertiary/aromatic N) is 4. The van der Waals surface area contributed by atoms with Crippen molar-refractivity contribution >= 4 is 5.78 Å². The molecule has 1 aliphatic rings. The Labute approximate surface area is 307 Å². The Bertz CT molecular complexity index is 1030. The highest BCUT2D eigenvalue weighted by Crippen LogP contribution is 2.27. The quantitative estimate of drug-likeness (QED) is 0.101. The van der Waals surface area contributed by atoms with E-state index in [4.69, 9.17) is 19.0 Å². The van der Waals surface area contributed by atoms with Crippen LogP contribution in [0.25, 0.3) is 0 Å². The van der Waals surface area contributed by atoms with Gasteiger partial charge in [-0.1, -0.05) is 59.6 Å². The fraction of sp³-hybridized carbons (Fsp3) is 0.925. The minimum atomic E-state index is -0.470. The summed E-state index contributed by atoms with van der Waals surface area (Å²) < 4.78 is 20.2. The fourth-order valence-electron chi connectivity index (χ4n) is 6.29. The molecule has 0 bridgehead atoms. The van der Waals surface area contributed by atoms with Crippen LogP contribution in [0.1, 0.15) is 147 Å². The zero-order valence-corrected chi connectivity index (χ0v) is 34.8. The van der Waals surface area contributed by atoms with Gasteiger partial charge in [0.2, 0.25) is 0 Å². The zero-order chi connectivity index (χ0) is 37.8. The monoisotopic (exact) mass is 710 g/mol. The number of piperidine rings is 1. The molecule has 2 heterocycles. The molecule has 0 aliphatic carbocycles. The predicted octanol–water partition coefficient (Wildman–Crippen LogP) is 8.08. The number of hydrogen-bond acceptors (Lipinski definition) is 9. The van der Waals surface area contributed by atoms with Gasteiger partial charge in [-0.25, -0.2) is 4.68 Å². The molecule has 0 atom stereocenters. The number of likely N-dealkylation sites (N-methyl/N-ethyl adjacent to an activating group) is 1. The highest BCUT2D eigenvalue weighted by atomic mass is 16.7. The average Bonchev–Trinajstić information content (AvgIpc) is 3.43. The molecule has 10 nitrogen and oxygen atoms in total. The number of carbonyl (C=O) groups is 1. The van der Waals surface area contributed by atoms with Crippen LogP contribution in [-0.2, 0) is 36.8 Å². The van der Waals surface area contributed by atoms with Crippen molar-refractivity contribution in [3.63, 3.8) is 0 Å². The van der Waals surface area contributed by atoms with Crippen LogP contribution in [0.5, 0.6) is 0 Å². The molecule has 1 N–H and O–H groups in total. The van der Waals surface area contributed by atoms with Crippen molar-refractivity contribution < 1.29 is 23.8 Å². The molecule has 50 heavy (non-hydrogen) atoms. The van der Waals surface area contributed by atoms with Gasteiger partial charge in [0.05, 0.1) is 55.5 Å². The summed E-state index contributed by atoms with van der Waals surface area (Å²) in [5.74, 6) is 1.03. The second-order valence-electron chi connectivity index (χ2n) is 17.4. The van der Waals surface area contributed by atoms with Crippen LogP contribution >= 0.6 is 0 Å². The maximum absolute atomic E-state index is 12.1. The standard InChI is InChI=1S/C31H59N5O5.C9H20/c1-25(2)28(37)23-31(7,8)38-19-13-29(3,4)39-21-17-36-24-27(33-34-36)22-30(5,6)40-20-16-35(9)41-18-12-26-10-14-32-15-11-26;1-5-7-9(3,4)8-6-2/h24-26,32H,10-23H2,1-9H3;5-8H2,1-4H3. The molecule has 0 saturated carbocycles. The smallest absolute Gasteiger partial charge is 0.138 e. The summed E-state index contributed by atoms with van der Waals surface area (Å²) in [4.78, 5) is 18.0. The summed E-state index contributed by atoms with van der Waals surface area (Å²) in [6.45, 7) is 31.3. The first kappa shape index (κ1) is 46.6. The van der Waals surface area contributed by atoms with Gasteiger partial charge in [-0.3, -0.25) is 9.63 Å². The van der Waals surface area contributed by atoms with Crippen molar-refractivity contribution in [2.24, 2.45) is 17.3 Å². The summed E-state index contributed by atoms with van der Waals surface area (Å²) in [7, 11) is 1.97. The van der Waals surface area contributed by atoms with Gasteiger partial charge in [0.15, 0.2) is 0 Å². The van der Waals surface area contributed by atoms with Gasteiger partial charge in [-0.05, 0) is 104 Å². The summed E-state index contributed by atoms with van der Waals surface area (Å²) in [5.41, 5.74) is 0.322. The van der Waals surface area contributed by atoms with E-state index in [0.717, 1.165) is 44.1 Å². The molecule has 10 heteroatoms. The third-order valence-corrected chi connectivity index (χ3v) is 9.50. The van der Waals surface area contributed by atoms with Gasteiger partial charge in [0, 0.05) is 38.5 Å². The molecule has 294 valence electrons. The number of nitrogens with one attached hydrogen (secondary N) is 1. The Morgan fingerprint density at radius 2 is 1.48 bits per heavy atom. The van der Waals surface area contributed by atoms with Crippen molar-refractivity contribution in [3.05, 3.63) is 11.9 Å². The molecule has 0 spiro atoms. The molecule has 1 aromatic heterocycles. The first-order valence-electron chi connectivity index (χ1n) is 19.7. The van der Waals surface area contributed by atoms with Crippen LogP contribution in [0.3, 0.4) is 0 Å². The lowest BCUT2D eigenvalue weighted by atomic mass is 9.84. The minimum absolute atomic E-state index is 0.0272. The number of aromatic nitrogens is 3. The van der Waals surface area contributed by atoms with E-state index in [1.165, 1.54) is 38.5 Å². The molecule has 0 radical (unpaired) electrons. The van der Waals surface area contributed by atoms with Crippen LogP contribution in [0, 0.1) is 17.3 Å². The highest BCUT2D eigenvalue weighted by Gasteiger charge is 2.26. The lowest BCUT2D eigenvalue weighted by molar-refractivity contribution is -0.159. The topological polar surface area (TPSA) is 100.0 Å². The second-order valence-corrected chi connectivity index (χ2v) is 17.4. The number of ketones is 1. The Kier molecular flexibility index (Phi) is 21.7. The van der Waals surface area contributed by atoms with E-state index in [-0.39, 0.29) is 22.9 Å². The van der Waals surface area contributed by atoms with Gasteiger partial charge in [0.1, 0.15) is 5.78 Å². The van der Waals surface area contributed by atoms with E-state index in [0.29, 0.717) is 51.2 Å². The molecule has 0 aromatic carbocycles. The summed E-state index contributed by atoms with van der Waals surface area (Å²) in [5, 5.41) is 13.9. The van der Waals surface area contributed by atoms with E-state index in [9.17, 15) is 4.79 Å². The maximum Gasteiger partial charge on any atom is 0.138 e. The largest absolute Gasteiger partial charge is 0.375 e. The van der Waals surface area contributed by atoms with Crippen LogP contribution < -0.4 is 5.32 Å². The van der Waals surface area contributed by atoms with Crippen LogP contribution in [0.15, 0.2) is 6.20 Å². The fourth-order valence-corrected chi connectivity index (χ4v) is 6.29. The van der Waals surface area contributed by atoms with Gasteiger partial charge >= 0.3 is 0 Å². The molecule has 1 fully saturated rings. The number of ether oxygens (including phenoxy) is 3. The predicted molar refractivity (Wildman–Crippen MR) is 205 cm³/mol. The van der Waals surface area contributed by atoms with E-state index < -0.39 is 5.60 Å². The number of carbonyl (C=O) groups excluding carboxylic acids is 1. The van der Waals surface area contributed by atoms with Crippen LogP contribution in [0.2, 0.25) is 0 Å². The van der Waals surface area contributed by atoms with E-state index >= 15 is 0 Å². The van der Waals surface area contributed by atoms with Crippen molar-refractivity contribution in [3.8, 4) is 0 Å². The molecule has 0 unspecified atom stereocenters. The van der Waals surface area contributed by atoms with Crippen LogP contribution in [0.4, 0.5) is 0 Å². The Hall–Kier alpha value is -1.43. The van der Waals surface area contributed by atoms with Crippen molar-refractivity contribution in [1.29, 1.82) is 0 Å². The van der Waals surface area contributed by atoms with E-state index in [1.54, 1.807) is 0 Å². The summed E-state index contributed by atoms with van der Waals surface area (Å²) in [6, 6.07) is 0. The van der Waals surface area contributed by atoms with E-state index in [2.05, 4.69) is 71.0 Å². The van der Waals surface area contributed by atoms with Crippen LogP contribution in [-0.4, -0.2) is 95.8 Å². The molecule has 2 rings (SSSR count). The van der Waals surface area contributed by atoms with Gasteiger partial charge < -0.3 is 19.5 Å². The lowest BCUT2D eigenvalue weighted by Gasteiger charge is -2.29. The third-order valence-electron chi connectivity index (χ3n) is 9.50. The number of hydrogen-bond donors (Lipinski definition) is 1. The van der Waals surface area contributed by atoms with Gasteiger partial charge in [-0.15, -0.1) is 5.10 Å². The Balaban J connectivity index is 0.00000122. The minimum Gasteiger partial charge on any atom is -0.375 e. The highest BCUT2D eigenvalue weighted by molar-refractivity contribution is 5.81. The van der Waals surface area contributed by atoms with Crippen molar-refractivity contribution in [2.75, 3.05) is 53.1 Å². The molecule has 1 aliphatic heterocycles. The normalized spacial score (nSPS) is 15.1. The Morgan fingerprint density at radius 1 is 0.880 bits per heavy atom. The number of hydroxylamine groups is 2. The van der Waals surface area contributed by atoms with Crippen molar-refractivity contribution in [1.82, 2.24) is 25.4 Å².